The minimum absolute atomic E-state index is 0.0420. The van der Waals surface area contributed by atoms with Crippen LogP contribution >= 0.6 is 0 Å². The smallest absolute Gasteiger partial charge is 0.416 e. The van der Waals surface area contributed by atoms with Gasteiger partial charge in [-0.3, -0.25) is 9.59 Å². The number of imidazole rings is 1. The van der Waals surface area contributed by atoms with Crippen molar-refractivity contribution in [1.82, 2.24) is 14.9 Å². The Kier molecular flexibility index (Phi) is 5.67. The van der Waals surface area contributed by atoms with E-state index in [4.69, 9.17) is 4.42 Å². The SMILES string of the molecule is O=C(O)C1CC(Cc2cnc[nH]2)(C(=O)O)N(C(=O)c2ccc(C(F)(F)F)cc2)C1c1ccco1. The predicted molar refractivity (Wildman–Crippen MR) is 107 cm³/mol. The van der Waals surface area contributed by atoms with Crippen molar-refractivity contribution < 1.29 is 42.2 Å². The molecule has 1 aliphatic heterocycles. The third-order valence-corrected chi connectivity index (χ3v) is 5.94. The number of aromatic nitrogens is 2. The number of nitrogens with one attached hydrogen (secondary N) is 1. The lowest BCUT2D eigenvalue weighted by Gasteiger charge is -2.37. The van der Waals surface area contributed by atoms with Gasteiger partial charge in [0, 0.05) is 23.9 Å². The third kappa shape index (κ3) is 3.91. The standard InChI is InChI=1S/C22H18F3N3O6/c23-22(24,25)13-5-3-12(4-6-13)18(29)28-17(16-2-1-7-34-16)15(19(30)31)9-21(28,20(32)33)8-14-10-26-11-27-14/h1-7,10-11,15,17H,8-9H2,(H,26,27)(H,30,31)(H,32,33). The van der Waals surface area contributed by atoms with Crippen LogP contribution in [0.4, 0.5) is 13.2 Å². The van der Waals surface area contributed by atoms with Crippen molar-refractivity contribution in [3.63, 3.8) is 0 Å². The fourth-order valence-corrected chi connectivity index (χ4v) is 4.41. The van der Waals surface area contributed by atoms with E-state index in [-0.39, 0.29) is 17.7 Å². The van der Waals surface area contributed by atoms with E-state index in [0.717, 1.165) is 17.0 Å². The lowest BCUT2D eigenvalue weighted by molar-refractivity contribution is -0.149. The average molecular weight is 477 g/mol. The molecular weight excluding hydrogens is 459 g/mol. The Morgan fingerprint density at radius 3 is 2.38 bits per heavy atom. The van der Waals surface area contributed by atoms with Gasteiger partial charge >= 0.3 is 18.1 Å². The van der Waals surface area contributed by atoms with E-state index in [2.05, 4.69) is 9.97 Å². The predicted octanol–water partition coefficient (Wildman–Crippen LogP) is 3.38. The Morgan fingerprint density at radius 2 is 1.88 bits per heavy atom. The highest BCUT2D eigenvalue weighted by molar-refractivity contribution is 5.99. The molecule has 178 valence electrons. The van der Waals surface area contributed by atoms with E-state index < -0.39 is 53.5 Å². The summed E-state index contributed by atoms with van der Waals surface area (Å²) in [6, 6.07) is 4.84. The molecule has 1 saturated heterocycles. The molecule has 4 rings (SSSR count). The second-order valence-corrected chi connectivity index (χ2v) is 7.95. The highest BCUT2D eigenvalue weighted by Crippen LogP contribution is 2.49. The van der Waals surface area contributed by atoms with Crippen molar-refractivity contribution in [3.8, 4) is 0 Å². The highest BCUT2D eigenvalue weighted by Gasteiger charge is 2.61. The Balaban J connectivity index is 1.87. The number of hydrogen-bond donors (Lipinski definition) is 3. The molecular formula is C22H18F3N3O6. The normalized spacial score (nSPS) is 22.6. The molecule has 9 nitrogen and oxygen atoms in total. The van der Waals surface area contributed by atoms with E-state index >= 15 is 0 Å². The summed E-state index contributed by atoms with van der Waals surface area (Å²) in [6.45, 7) is 0. The van der Waals surface area contributed by atoms with E-state index in [1.807, 2.05) is 0 Å². The van der Waals surface area contributed by atoms with Crippen molar-refractivity contribution in [2.45, 2.75) is 30.6 Å². The maximum absolute atomic E-state index is 13.7. The van der Waals surface area contributed by atoms with Crippen LogP contribution in [0.5, 0.6) is 0 Å². The van der Waals surface area contributed by atoms with Gasteiger partial charge in [0.15, 0.2) is 0 Å². The van der Waals surface area contributed by atoms with Crippen molar-refractivity contribution in [3.05, 3.63) is 77.8 Å². The van der Waals surface area contributed by atoms with Gasteiger partial charge in [-0.05, 0) is 42.8 Å². The van der Waals surface area contributed by atoms with Crippen molar-refractivity contribution in [2.24, 2.45) is 5.92 Å². The number of aromatic amines is 1. The average Bonchev–Trinajstić information content (AvgIpc) is 3.53. The fourth-order valence-electron chi connectivity index (χ4n) is 4.41. The summed E-state index contributed by atoms with van der Waals surface area (Å²) >= 11 is 0. The quantitative estimate of drug-likeness (QED) is 0.495. The second kappa shape index (κ2) is 8.36. The molecule has 0 bridgehead atoms. The Labute approximate surface area is 189 Å². The molecule has 3 atom stereocenters. The van der Waals surface area contributed by atoms with Gasteiger partial charge in [-0.2, -0.15) is 13.2 Å². The van der Waals surface area contributed by atoms with Crippen LogP contribution in [0.2, 0.25) is 0 Å². The third-order valence-electron chi connectivity index (χ3n) is 5.94. The van der Waals surface area contributed by atoms with E-state index in [0.29, 0.717) is 17.8 Å². The number of furan rings is 1. The van der Waals surface area contributed by atoms with Gasteiger partial charge in [0.2, 0.25) is 0 Å². The van der Waals surface area contributed by atoms with Crippen LogP contribution in [-0.2, 0) is 22.2 Å². The van der Waals surface area contributed by atoms with E-state index in [9.17, 15) is 37.8 Å². The van der Waals surface area contributed by atoms with E-state index in [1.165, 1.54) is 30.9 Å². The lowest BCUT2D eigenvalue weighted by atomic mass is 9.86. The second-order valence-electron chi connectivity index (χ2n) is 7.95. The van der Waals surface area contributed by atoms with Crippen LogP contribution in [0.1, 0.15) is 39.8 Å². The van der Waals surface area contributed by atoms with Crippen LogP contribution in [0.15, 0.2) is 59.6 Å². The number of carbonyl (C=O) groups excluding carboxylic acids is 1. The number of carboxylic acid groups (broad SMARTS) is 2. The monoisotopic (exact) mass is 477 g/mol. The molecule has 1 fully saturated rings. The number of rotatable bonds is 6. The molecule has 1 amide bonds. The number of likely N-dealkylation sites (tertiary alicyclic amines) is 1. The van der Waals surface area contributed by atoms with Gasteiger partial charge in [0.1, 0.15) is 17.3 Å². The first-order valence-electron chi connectivity index (χ1n) is 10.0. The molecule has 1 aliphatic rings. The molecule has 3 N–H and O–H groups in total. The Morgan fingerprint density at radius 1 is 1.18 bits per heavy atom. The lowest BCUT2D eigenvalue weighted by Crippen LogP contribution is -2.55. The van der Waals surface area contributed by atoms with Gasteiger partial charge in [-0.25, -0.2) is 9.78 Å². The molecule has 3 aromatic rings. The summed E-state index contributed by atoms with van der Waals surface area (Å²) in [5, 5.41) is 20.2. The molecule has 3 unspecified atom stereocenters. The van der Waals surface area contributed by atoms with Crippen LogP contribution in [-0.4, -0.2) is 48.5 Å². The number of nitrogens with zero attached hydrogens (tertiary/aromatic N) is 2. The van der Waals surface area contributed by atoms with Crippen molar-refractivity contribution in [2.75, 3.05) is 0 Å². The van der Waals surface area contributed by atoms with Gasteiger partial charge < -0.3 is 24.5 Å². The zero-order valence-corrected chi connectivity index (χ0v) is 17.3. The first kappa shape index (κ1) is 23.1. The van der Waals surface area contributed by atoms with Crippen LogP contribution < -0.4 is 0 Å². The number of benzene rings is 1. The van der Waals surface area contributed by atoms with Gasteiger partial charge in [0.25, 0.3) is 5.91 Å². The van der Waals surface area contributed by atoms with Crippen LogP contribution in [0.3, 0.4) is 0 Å². The molecule has 3 heterocycles. The summed E-state index contributed by atoms with van der Waals surface area (Å²) in [7, 11) is 0. The molecule has 0 radical (unpaired) electrons. The molecule has 0 saturated carbocycles. The Bertz CT molecular complexity index is 1190. The Hall–Kier alpha value is -4.09. The molecule has 0 aliphatic carbocycles. The molecule has 0 spiro atoms. The number of aliphatic carboxylic acids is 2. The number of hydrogen-bond acceptors (Lipinski definition) is 5. The zero-order chi connectivity index (χ0) is 24.7. The van der Waals surface area contributed by atoms with Crippen LogP contribution in [0, 0.1) is 5.92 Å². The maximum atomic E-state index is 13.7. The number of carbonyl (C=O) groups is 3. The minimum Gasteiger partial charge on any atom is -0.481 e. The van der Waals surface area contributed by atoms with Gasteiger partial charge in [0.05, 0.1) is 24.1 Å². The molecule has 34 heavy (non-hydrogen) atoms. The van der Waals surface area contributed by atoms with Crippen molar-refractivity contribution >= 4 is 17.8 Å². The largest absolute Gasteiger partial charge is 0.481 e. The summed E-state index contributed by atoms with van der Waals surface area (Å²) < 4.78 is 44.3. The first-order valence-corrected chi connectivity index (χ1v) is 10.0. The summed E-state index contributed by atoms with van der Waals surface area (Å²) in [4.78, 5) is 46.0. The van der Waals surface area contributed by atoms with Gasteiger partial charge in [-0.15, -0.1) is 0 Å². The maximum Gasteiger partial charge on any atom is 0.416 e. The number of alkyl halides is 3. The topological polar surface area (TPSA) is 137 Å². The summed E-state index contributed by atoms with van der Waals surface area (Å²) in [5.74, 6) is -5.08. The van der Waals surface area contributed by atoms with Crippen molar-refractivity contribution in [1.29, 1.82) is 0 Å². The fraction of sp³-hybridized carbons (Fsp3) is 0.273. The van der Waals surface area contributed by atoms with Crippen LogP contribution in [0.25, 0.3) is 0 Å². The van der Waals surface area contributed by atoms with E-state index in [1.54, 1.807) is 0 Å². The summed E-state index contributed by atoms with van der Waals surface area (Å²) in [6.07, 6.45) is -1.50. The first-order chi connectivity index (χ1) is 16.0. The number of H-pyrrole nitrogens is 1. The molecule has 1 aromatic carbocycles. The number of carboxylic acids is 2. The number of halogens is 3. The minimum atomic E-state index is -4.63. The molecule has 12 heteroatoms. The number of amides is 1. The summed E-state index contributed by atoms with van der Waals surface area (Å²) in [5.41, 5.74) is -2.94. The van der Waals surface area contributed by atoms with Gasteiger partial charge in [-0.1, -0.05) is 0 Å². The highest BCUT2D eigenvalue weighted by atomic mass is 19.4. The molecule has 2 aromatic heterocycles. The zero-order valence-electron chi connectivity index (χ0n) is 17.3.